The van der Waals surface area contributed by atoms with E-state index >= 15 is 0 Å². The molecule has 17 heavy (non-hydrogen) atoms. The van der Waals surface area contributed by atoms with Crippen LogP contribution in [0.2, 0.25) is 0 Å². The number of nitrogens with two attached hydrogens (primary N) is 1. The molecular formula is C12H16ClN3O. The van der Waals surface area contributed by atoms with Crippen LogP contribution >= 0.6 is 12.4 Å². The Bertz CT molecular complexity index is 477. The summed E-state index contributed by atoms with van der Waals surface area (Å²) in [7, 11) is 0. The number of aromatic nitrogens is 1. The van der Waals surface area contributed by atoms with Crippen LogP contribution in [0.5, 0.6) is 0 Å². The molecule has 2 rings (SSSR count). The standard InChI is InChI=1S/C12H15N3O.ClH/c1-14-9-4-2-5-10(8-9)15-7-3-6-11(13)12(15)16;/h3,6-7,9-10H,2,4-5,8,13H2;1H/t9-,10?;/m1./s1. The van der Waals surface area contributed by atoms with Crippen molar-refractivity contribution < 1.29 is 0 Å². The van der Waals surface area contributed by atoms with Crippen molar-refractivity contribution in [2.75, 3.05) is 5.73 Å². The average molecular weight is 254 g/mol. The predicted molar refractivity (Wildman–Crippen MR) is 70.3 cm³/mol. The molecule has 5 heteroatoms. The van der Waals surface area contributed by atoms with E-state index in [1.54, 1.807) is 22.9 Å². The second kappa shape index (κ2) is 5.74. The van der Waals surface area contributed by atoms with Gasteiger partial charge >= 0.3 is 0 Å². The van der Waals surface area contributed by atoms with Gasteiger partial charge in [0.15, 0.2) is 0 Å². The summed E-state index contributed by atoms with van der Waals surface area (Å²) in [5, 5.41) is 0. The van der Waals surface area contributed by atoms with Crippen LogP contribution in [-0.2, 0) is 0 Å². The second-order valence-electron chi connectivity index (χ2n) is 4.28. The molecule has 0 saturated heterocycles. The molecule has 4 nitrogen and oxygen atoms in total. The summed E-state index contributed by atoms with van der Waals surface area (Å²) >= 11 is 0. The molecule has 1 unspecified atom stereocenters. The fraction of sp³-hybridized carbons (Fsp3) is 0.500. The Hall–Kier alpha value is -1.47. The highest BCUT2D eigenvalue weighted by Gasteiger charge is 2.27. The van der Waals surface area contributed by atoms with Gasteiger partial charge < -0.3 is 15.1 Å². The minimum absolute atomic E-state index is 0. The van der Waals surface area contributed by atoms with Gasteiger partial charge in [0.1, 0.15) is 0 Å². The Morgan fingerprint density at radius 3 is 2.94 bits per heavy atom. The Morgan fingerprint density at radius 2 is 2.24 bits per heavy atom. The van der Waals surface area contributed by atoms with Crippen LogP contribution < -0.4 is 11.3 Å². The molecule has 0 aromatic carbocycles. The number of anilines is 1. The molecule has 0 aliphatic heterocycles. The molecule has 1 saturated carbocycles. The lowest BCUT2D eigenvalue weighted by molar-refractivity contribution is 0.335. The number of halogens is 1. The van der Waals surface area contributed by atoms with E-state index < -0.39 is 0 Å². The van der Waals surface area contributed by atoms with Crippen molar-refractivity contribution in [1.82, 2.24) is 4.57 Å². The third-order valence-electron chi connectivity index (χ3n) is 3.20. The fourth-order valence-corrected chi connectivity index (χ4v) is 2.32. The molecule has 92 valence electrons. The third-order valence-corrected chi connectivity index (χ3v) is 3.20. The van der Waals surface area contributed by atoms with Crippen molar-refractivity contribution in [3.8, 4) is 0 Å². The van der Waals surface area contributed by atoms with E-state index in [-0.39, 0.29) is 35.7 Å². The smallest absolute Gasteiger partial charge is 0.273 e. The van der Waals surface area contributed by atoms with E-state index in [0.717, 1.165) is 25.7 Å². The molecule has 1 aromatic heterocycles. The quantitative estimate of drug-likeness (QED) is 0.781. The Morgan fingerprint density at radius 1 is 1.47 bits per heavy atom. The largest absolute Gasteiger partial charge is 0.394 e. The maximum absolute atomic E-state index is 11.8. The molecule has 0 spiro atoms. The minimum Gasteiger partial charge on any atom is -0.394 e. The van der Waals surface area contributed by atoms with E-state index in [9.17, 15) is 4.79 Å². The molecule has 1 heterocycles. The van der Waals surface area contributed by atoms with E-state index in [1.807, 2.05) is 0 Å². The molecule has 2 atom stereocenters. The number of hydrogen-bond acceptors (Lipinski definition) is 2. The summed E-state index contributed by atoms with van der Waals surface area (Å²) in [6, 6.07) is 3.61. The molecule has 0 bridgehead atoms. The first-order valence-electron chi connectivity index (χ1n) is 5.55. The van der Waals surface area contributed by atoms with Gasteiger partial charge in [-0.2, -0.15) is 0 Å². The van der Waals surface area contributed by atoms with E-state index in [2.05, 4.69) is 4.85 Å². The lowest BCUT2D eigenvalue weighted by atomic mass is 9.91. The van der Waals surface area contributed by atoms with Crippen LogP contribution in [0.4, 0.5) is 5.69 Å². The highest BCUT2D eigenvalue weighted by atomic mass is 35.5. The summed E-state index contributed by atoms with van der Waals surface area (Å²) in [4.78, 5) is 15.4. The molecule has 0 radical (unpaired) electrons. The second-order valence-corrected chi connectivity index (χ2v) is 4.28. The first kappa shape index (κ1) is 13.6. The van der Waals surface area contributed by atoms with E-state index in [0.29, 0.717) is 0 Å². The Kier molecular flexibility index (Phi) is 4.59. The number of nitrogens with zero attached hydrogens (tertiary/aromatic N) is 2. The van der Waals surface area contributed by atoms with Gasteiger partial charge in [-0.05, 0) is 25.0 Å². The lowest BCUT2D eigenvalue weighted by Gasteiger charge is -2.24. The first-order chi connectivity index (χ1) is 7.72. The monoisotopic (exact) mass is 253 g/mol. The summed E-state index contributed by atoms with van der Waals surface area (Å²) in [6.45, 7) is 7.06. The predicted octanol–water partition coefficient (Wildman–Crippen LogP) is 2.26. The zero-order valence-electron chi connectivity index (χ0n) is 9.50. The number of pyridine rings is 1. The Balaban J connectivity index is 0.00000144. The molecule has 1 fully saturated rings. The topological polar surface area (TPSA) is 52.4 Å². The van der Waals surface area contributed by atoms with Crippen molar-refractivity contribution in [2.24, 2.45) is 0 Å². The summed E-state index contributed by atoms with van der Waals surface area (Å²) < 4.78 is 1.69. The maximum Gasteiger partial charge on any atom is 0.273 e. The zero-order valence-corrected chi connectivity index (χ0v) is 10.3. The number of nitrogen functional groups attached to an aromatic ring is 1. The van der Waals surface area contributed by atoms with Crippen LogP contribution in [0, 0.1) is 6.57 Å². The molecule has 1 aliphatic rings. The van der Waals surface area contributed by atoms with Gasteiger partial charge in [0.2, 0.25) is 6.04 Å². The summed E-state index contributed by atoms with van der Waals surface area (Å²) in [5.41, 5.74) is 5.76. The van der Waals surface area contributed by atoms with Gasteiger partial charge in [-0.1, -0.05) is 0 Å². The molecule has 1 aromatic rings. The SMILES string of the molecule is Cl.[C-]#[N+][C@@H]1CCCC(n2cccc(N)c2=O)C1. The number of hydrogen-bond donors (Lipinski definition) is 1. The van der Waals surface area contributed by atoms with Crippen LogP contribution in [0.15, 0.2) is 23.1 Å². The normalized spacial score (nSPS) is 23.5. The molecule has 1 aliphatic carbocycles. The first-order valence-corrected chi connectivity index (χ1v) is 5.55. The van der Waals surface area contributed by atoms with Gasteiger partial charge in [0.25, 0.3) is 5.56 Å². The lowest BCUT2D eigenvalue weighted by Crippen LogP contribution is -2.30. The highest BCUT2D eigenvalue weighted by molar-refractivity contribution is 5.85. The zero-order chi connectivity index (χ0) is 11.5. The van der Waals surface area contributed by atoms with Gasteiger partial charge in [-0.15, -0.1) is 12.4 Å². The van der Waals surface area contributed by atoms with Crippen molar-refractivity contribution >= 4 is 18.1 Å². The van der Waals surface area contributed by atoms with Crippen molar-refractivity contribution in [1.29, 1.82) is 0 Å². The van der Waals surface area contributed by atoms with Gasteiger partial charge in [-0.3, -0.25) is 4.79 Å². The van der Waals surface area contributed by atoms with Crippen LogP contribution in [0.25, 0.3) is 4.85 Å². The Labute approximate surface area is 107 Å². The summed E-state index contributed by atoms with van der Waals surface area (Å²) in [6.07, 6.45) is 5.48. The fourth-order valence-electron chi connectivity index (χ4n) is 2.32. The van der Waals surface area contributed by atoms with Crippen LogP contribution in [-0.4, -0.2) is 10.6 Å². The highest BCUT2D eigenvalue weighted by Crippen LogP contribution is 2.29. The van der Waals surface area contributed by atoms with Crippen LogP contribution in [0.1, 0.15) is 31.7 Å². The number of rotatable bonds is 1. The van der Waals surface area contributed by atoms with Gasteiger partial charge in [-0.25, -0.2) is 6.57 Å². The molecule has 2 N–H and O–H groups in total. The van der Waals surface area contributed by atoms with E-state index in [4.69, 9.17) is 12.3 Å². The third kappa shape index (κ3) is 2.80. The van der Waals surface area contributed by atoms with Gasteiger partial charge in [0.05, 0.1) is 5.69 Å². The maximum atomic E-state index is 11.8. The molecular weight excluding hydrogens is 238 g/mol. The van der Waals surface area contributed by atoms with Crippen molar-refractivity contribution in [2.45, 2.75) is 37.8 Å². The minimum atomic E-state index is -0.127. The van der Waals surface area contributed by atoms with Crippen molar-refractivity contribution in [3.05, 3.63) is 40.1 Å². The summed E-state index contributed by atoms with van der Waals surface area (Å²) in [5.74, 6) is 0. The van der Waals surface area contributed by atoms with E-state index in [1.165, 1.54) is 0 Å². The van der Waals surface area contributed by atoms with Crippen LogP contribution in [0.3, 0.4) is 0 Å². The average Bonchev–Trinajstić information content (AvgIpc) is 2.33. The van der Waals surface area contributed by atoms with Crippen molar-refractivity contribution in [3.63, 3.8) is 0 Å². The van der Waals surface area contributed by atoms with Gasteiger partial charge in [0, 0.05) is 25.1 Å². The molecule has 0 amide bonds.